The Morgan fingerprint density at radius 2 is 1.43 bits per heavy atom. The molecule has 0 aromatic heterocycles. The number of fused-ring (bicyclic) bond motifs is 2. The molecule has 0 saturated heterocycles. The van der Waals surface area contributed by atoms with Gasteiger partial charge in [0.05, 0.1) is 10.8 Å². The molecule has 2 saturated carbocycles. The summed E-state index contributed by atoms with van der Waals surface area (Å²) in [6.07, 6.45) is 4.90. The van der Waals surface area contributed by atoms with Gasteiger partial charge in [-0.05, 0) is 79.3 Å². The molecule has 3 aromatic carbocycles. The second-order valence-electron chi connectivity index (χ2n) is 10.0. The van der Waals surface area contributed by atoms with Gasteiger partial charge in [0.15, 0.2) is 0 Å². The molecule has 5 nitrogen and oxygen atoms in total. The SMILES string of the molecule is CC(NS(=O)(=O)c1ccc(NC(=O)C(c2ccccc2)c2ccccc2)cc1)C1CC2CCC1C2. The van der Waals surface area contributed by atoms with E-state index in [4.69, 9.17) is 0 Å². The third-order valence-electron chi connectivity index (χ3n) is 7.74. The number of nitrogens with one attached hydrogen (secondary N) is 2. The standard InChI is InChI=1S/C29H32N2O3S/c1-20(27-19-21-12-13-24(27)18-21)31-35(33,34)26-16-14-25(15-17-26)30-29(32)28(22-8-4-2-5-9-22)23-10-6-3-7-11-23/h2-11,14-17,20-21,24,27-28,31H,12-13,18-19H2,1H3,(H,30,32). The molecule has 2 N–H and O–H groups in total. The van der Waals surface area contributed by atoms with Crippen LogP contribution in [-0.4, -0.2) is 20.4 Å². The molecule has 2 fully saturated rings. The molecule has 2 aliphatic rings. The largest absolute Gasteiger partial charge is 0.325 e. The Balaban J connectivity index is 1.28. The van der Waals surface area contributed by atoms with Crippen LogP contribution < -0.4 is 10.0 Å². The molecule has 35 heavy (non-hydrogen) atoms. The third-order valence-corrected chi connectivity index (χ3v) is 9.31. The molecule has 4 unspecified atom stereocenters. The van der Waals surface area contributed by atoms with Crippen LogP contribution >= 0.6 is 0 Å². The fraction of sp³-hybridized carbons (Fsp3) is 0.345. The van der Waals surface area contributed by atoms with E-state index in [9.17, 15) is 13.2 Å². The van der Waals surface area contributed by atoms with E-state index in [0.29, 0.717) is 17.5 Å². The topological polar surface area (TPSA) is 75.3 Å². The van der Waals surface area contributed by atoms with Crippen molar-refractivity contribution in [3.05, 3.63) is 96.1 Å². The van der Waals surface area contributed by atoms with Gasteiger partial charge in [0, 0.05) is 11.7 Å². The Morgan fingerprint density at radius 3 is 1.94 bits per heavy atom. The van der Waals surface area contributed by atoms with Crippen LogP contribution in [0.15, 0.2) is 89.8 Å². The van der Waals surface area contributed by atoms with Crippen LogP contribution in [0.25, 0.3) is 0 Å². The fourth-order valence-electron chi connectivity index (χ4n) is 6.02. The van der Waals surface area contributed by atoms with Gasteiger partial charge in [-0.3, -0.25) is 4.79 Å². The van der Waals surface area contributed by atoms with Gasteiger partial charge < -0.3 is 5.32 Å². The van der Waals surface area contributed by atoms with Crippen LogP contribution in [0.1, 0.15) is 49.7 Å². The van der Waals surface area contributed by atoms with Gasteiger partial charge in [0.25, 0.3) is 0 Å². The van der Waals surface area contributed by atoms with Crippen molar-refractivity contribution in [2.75, 3.05) is 5.32 Å². The summed E-state index contributed by atoms with van der Waals surface area (Å²) in [4.78, 5) is 13.5. The molecule has 0 radical (unpaired) electrons. The zero-order valence-electron chi connectivity index (χ0n) is 19.9. The molecule has 1 amide bonds. The molecule has 0 aliphatic heterocycles. The van der Waals surface area contributed by atoms with Gasteiger partial charge in [0.2, 0.25) is 15.9 Å². The molecule has 182 valence electrons. The first kappa shape index (κ1) is 23.8. The summed E-state index contributed by atoms with van der Waals surface area (Å²) in [7, 11) is -3.62. The predicted molar refractivity (Wildman–Crippen MR) is 139 cm³/mol. The van der Waals surface area contributed by atoms with E-state index >= 15 is 0 Å². The first-order chi connectivity index (χ1) is 16.9. The van der Waals surface area contributed by atoms with E-state index in [1.54, 1.807) is 24.3 Å². The summed E-state index contributed by atoms with van der Waals surface area (Å²) in [5.41, 5.74) is 2.36. The third kappa shape index (κ3) is 5.19. The maximum atomic E-state index is 13.3. The molecule has 0 heterocycles. The van der Waals surface area contributed by atoms with Crippen molar-refractivity contribution in [1.82, 2.24) is 4.72 Å². The van der Waals surface area contributed by atoms with E-state index < -0.39 is 15.9 Å². The normalized spacial score (nSPS) is 22.3. The van der Waals surface area contributed by atoms with E-state index in [2.05, 4.69) is 10.0 Å². The Hall–Kier alpha value is -2.96. The average molecular weight is 489 g/mol. The number of benzene rings is 3. The maximum absolute atomic E-state index is 13.3. The van der Waals surface area contributed by atoms with Crippen molar-refractivity contribution in [3.63, 3.8) is 0 Å². The molecular weight excluding hydrogens is 456 g/mol. The van der Waals surface area contributed by atoms with Crippen molar-refractivity contribution >= 4 is 21.6 Å². The lowest BCUT2D eigenvalue weighted by Gasteiger charge is -2.28. The van der Waals surface area contributed by atoms with Crippen molar-refractivity contribution in [2.45, 2.75) is 49.5 Å². The van der Waals surface area contributed by atoms with Crippen LogP contribution in [-0.2, 0) is 14.8 Å². The number of hydrogen-bond donors (Lipinski definition) is 2. The molecule has 0 spiro atoms. The van der Waals surface area contributed by atoms with Crippen LogP contribution in [0.2, 0.25) is 0 Å². The molecule has 4 atom stereocenters. The average Bonchev–Trinajstić information content (AvgIpc) is 3.50. The van der Waals surface area contributed by atoms with Crippen LogP contribution in [0.5, 0.6) is 0 Å². The van der Waals surface area contributed by atoms with Crippen LogP contribution in [0.4, 0.5) is 5.69 Å². The minimum atomic E-state index is -3.62. The summed E-state index contributed by atoms with van der Waals surface area (Å²) in [5, 5.41) is 2.97. The predicted octanol–water partition coefficient (Wildman–Crippen LogP) is 5.56. The number of amides is 1. The minimum absolute atomic E-state index is 0.0767. The number of anilines is 1. The quantitative estimate of drug-likeness (QED) is 0.436. The lowest BCUT2D eigenvalue weighted by Crippen LogP contribution is -2.40. The fourth-order valence-corrected chi connectivity index (χ4v) is 7.32. The van der Waals surface area contributed by atoms with E-state index in [-0.39, 0.29) is 16.8 Å². The Morgan fingerprint density at radius 1 is 0.829 bits per heavy atom. The smallest absolute Gasteiger partial charge is 0.240 e. The summed E-state index contributed by atoms with van der Waals surface area (Å²) in [6.45, 7) is 1.99. The van der Waals surface area contributed by atoms with Gasteiger partial charge >= 0.3 is 0 Å². The van der Waals surface area contributed by atoms with E-state index in [0.717, 1.165) is 23.5 Å². The van der Waals surface area contributed by atoms with Crippen molar-refractivity contribution in [2.24, 2.45) is 17.8 Å². The number of carbonyl (C=O) groups excluding carboxylic acids is 1. The highest BCUT2D eigenvalue weighted by molar-refractivity contribution is 7.89. The highest BCUT2D eigenvalue weighted by Crippen LogP contribution is 2.49. The Labute approximate surface area is 208 Å². The monoisotopic (exact) mass is 488 g/mol. The summed E-state index contributed by atoms with van der Waals surface area (Å²) >= 11 is 0. The Kier molecular flexibility index (Phi) is 6.76. The molecule has 3 aromatic rings. The first-order valence-corrected chi connectivity index (χ1v) is 13.9. The summed E-state index contributed by atoms with van der Waals surface area (Å²) in [6, 6.07) is 25.6. The zero-order valence-corrected chi connectivity index (χ0v) is 20.7. The molecule has 2 aliphatic carbocycles. The second-order valence-corrected chi connectivity index (χ2v) is 11.7. The van der Waals surface area contributed by atoms with Gasteiger partial charge in [-0.1, -0.05) is 67.1 Å². The minimum Gasteiger partial charge on any atom is -0.325 e. The molecule has 5 rings (SSSR count). The Bertz CT molecular complexity index is 1220. The van der Waals surface area contributed by atoms with Gasteiger partial charge in [-0.15, -0.1) is 0 Å². The number of carbonyl (C=O) groups is 1. The van der Waals surface area contributed by atoms with E-state index in [1.165, 1.54) is 19.3 Å². The van der Waals surface area contributed by atoms with Gasteiger partial charge in [-0.25, -0.2) is 13.1 Å². The first-order valence-electron chi connectivity index (χ1n) is 12.4. The lowest BCUT2D eigenvalue weighted by molar-refractivity contribution is -0.116. The van der Waals surface area contributed by atoms with E-state index in [1.807, 2.05) is 67.6 Å². The zero-order chi connectivity index (χ0) is 24.4. The number of sulfonamides is 1. The summed E-state index contributed by atoms with van der Waals surface area (Å²) < 4.78 is 28.9. The van der Waals surface area contributed by atoms with Crippen molar-refractivity contribution in [1.29, 1.82) is 0 Å². The number of rotatable bonds is 8. The number of hydrogen-bond acceptors (Lipinski definition) is 3. The maximum Gasteiger partial charge on any atom is 0.240 e. The van der Waals surface area contributed by atoms with Crippen molar-refractivity contribution in [3.8, 4) is 0 Å². The van der Waals surface area contributed by atoms with Crippen LogP contribution in [0, 0.1) is 17.8 Å². The molecular formula is C29H32N2O3S. The summed E-state index contributed by atoms with van der Waals surface area (Å²) in [5.74, 6) is 1.22. The van der Waals surface area contributed by atoms with Crippen LogP contribution in [0.3, 0.4) is 0 Å². The molecule has 6 heteroatoms. The van der Waals surface area contributed by atoms with Crippen molar-refractivity contribution < 1.29 is 13.2 Å². The van der Waals surface area contributed by atoms with Gasteiger partial charge in [-0.2, -0.15) is 0 Å². The highest BCUT2D eigenvalue weighted by atomic mass is 32.2. The highest BCUT2D eigenvalue weighted by Gasteiger charge is 2.42. The second kappa shape index (κ2) is 9.96. The lowest BCUT2D eigenvalue weighted by atomic mass is 9.84. The van der Waals surface area contributed by atoms with Gasteiger partial charge in [0.1, 0.15) is 0 Å². The molecule has 2 bridgehead atoms.